The highest BCUT2D eigenvalue weighted by atomic mass is 79.9. The summed E-state index contributed by atoms with van der Waals surface area (Å²) < 4.78 is 30.5. The molecule has 142 valence electrons. The molecule has 0 bridgehead atoms. The van der Waals surface area contributed by atoms with Crippen LogP contribution >= 0.6 is 35.1 Å². The predicted molar refractivity (Wildman–Crippen MR) is 101 cm³/mol. The van der Waals surface area contributed by atoms with Gasteiger partial charge in [0.2, 0.25) is 7.44 Å². The molecule has 13 heteroatoms. The van der Waals surface area contributed by atoms with Gasteiger partial charge in [-0.05, 0) is 58.5 Å². The highest BCUT2D eigenvalue weighted by Crippen LogP contribution is 2.35. The number of thioether (sulfide) groups is 1. The monoisotopic (exact) mass is 466 g/mol. The predicted octanol–water partition coefficient (Wildman–Crippen LogP) is 2.75. The molecule has 0 aliphatic heterocycles. The van der Waals surface area contributed by atoms with Crippen molar-refractivity contribution in [2.24, 2.45) is 4.99 Å². The summed E-state index contributed by atoms with van der Waals surface area (Å²) in [7, 11) is 0.589. The summed E-state index contributed by atoms with van der Waals surface area (Å²) >= 11 is 4.32. The first-order valence-corrected chi connectivity index (χ1v) is 11.0. The third-order valence-electron chi connectivity index (χ3n) is 3.30. The molecule has 0 spiro atoms. The Morgan fingerprint density at radius 1 is 1.42 bits per heavy atom. The Hall–Kier alpha value is -1.30. The summed E-state index contributed by atoms with van der Waals surface area (Å²) in [4.78, 5) is 4.17. The van der Waals surface area contributed by atoms with Crippen molar-refractivity contribution >= 4 is 46.7 Å². The van der Waals surface area contributed by atoms with E-state index in [1.165, 1.54) is 30.0 Å². The Morgan fingerprint density at radius 2 is 2.15 bits per heavy atom. The number of hydrogen-bond donors (Lipinski definition) is 4. The SMILES string of the molecule is CNP(=O)(CCSc1nonc1C(=Nc1ccc(F)c(Br)c1)NO)NC. The fourth-order valence-corrected chi connectivity index (χ4v) is 4.82. The van der Waals surface area contributed by atoms with Crippen LogP contribution in [0, 0.1) is 5.82 Å². The summed E-state index contributed by atoms with van der Waals surface area (Å²) in [5.74, 6) is 0.0130. The molecule has 26 heavy (non-hydrogen) atoms. The number of hydroxylamine groups is 1. The van der Waals surface area contributed by atoms with Crippen LogP contribution in [0.15, 0.2) is 37.3 Å². The molecule has 1 heterocycles. The van der Waals surface area contributed by atoms with Gasteiger partial charge in [-0.2, -0.15) is 0 Å². The lowest BCUT2D eigenvalue weighted by molar-refractivity contribution is 0.234. The minimum absolute atomic E-state index is 0.0160. The first-order chi connectivity index (χ1) is 12.4. The smallest absolute Gasteiger partial charge is 0.211 e. The number of halogens is 2. The van der Waals surface area contributed by atoms with Crippen molar-refractivity contribution in [2.45, 2.75) is 5.03 Å². The van der Waals surface area contributed by atoms with Gasteiger partial charge in [-0.3, -0.25) is 25.4 Å². The molecule has 1 aromatic carbocycles. The molecular weight excluding hydrogens is 450 g/mol. The van der Waals surface area contributed by atoms with Gasteiger partial charge in [0.15, 0.2) is 16.6 Å². The van der Waals surface area contributed by atoms with E-state index < -0.39 is 13.3 Å². The molecule has 2 aromatic rings. The molecule has 0 atom stereocenters. The van der Waals surface area contributed by atoms with Crippen molar-refractivity contribution < 1.29 is 18.8 Å². The summed E-state index contributed by atoms with van der Waals surface area (Å²) in [6.45, 7) is 0. The lowest BCUT2D eigenvalue weighted by Gasteiger charge is -2.14. The fraction of sp³-hybridized carbons (Fsp3) is 0.308. The normalized spacial score (nSPS) is 12.4. The molecule has 0 saturated carbocycles. The van der Waals surface area contributed by atoms with Crippen LogP contribution in [0.3, 0.4) is 0 Å². The molecule has 0 fully saturated rings. The summed E-state index contributed by atoms with van der Waals surface area (Å²) in [5, 5.41) is 22.8. The van der Waals surface area contributed by atoms with E-state index in [0.29, 0.717) is 22.6 Å². The highest BCUT2D eigenvalue weighted by Gasteiger charge is 2.20. The van der Waals surface area contributed by atoms with Gasteiger partial charge in [-0.1, -0.05) is 11.8 Å². The minimum Gasteiger partial charge on any atom is -0.290 e. The van der Waals surface area contributed by atoms with Gasteiger partial charge in [0.05, 0.1) is 10.2 Å². The average Bonchev–Trinajstić information content (AvgIpc) is 3.10. The summed E-state index contributed by atoms with van der Waals surface area (Å²) in [5.41, 5.74) is 2.50. The molecule has 0 saturated heterocycles. The van der Waals surface area contributed by atoms with Crippen LogP contribution in [0.1, 0.15) is 5.69 Å². The van der Waals surface area contributed by atoms with Crippen LogP contribution in [-0.4, -0.2) is 47.4 Å². The number of nitrogens with one attached hydrogen (secondary N) is 3. The van der Waals surface area contributed by atoms with Crippen molar-refractivity contribution in [3.63, 3.8) is 0 Å². The zero-order chi connectivity index (χ0) is 19.2. The van der Waals surface area contributed by atoms with Crippen molar-refractivity contribution in [1.29, 1.82) is 0 Å². The van der Waals surface area contributed by atoms with Gasteiger partial charge in [-0.15, -0.1) is 0 Å². The van der Waals surface area contributed by atoms with Crippen molar-refractivity contribution in [3.05, 3.63) is 34.2 Å². The number of amidine groups is 1. The van der Waals surface area contributed by atoms with Crippen LogP contribution in [-0.2, 0) is 4.57 Å². The number of benzene rings is 1. The molecule has 0 unspecified atom stereocenters. The molecule has 0 amide bonds. The van der Waals surface area contributed by atoms with Crippen LogP contribution in [0.2, 0.25) is 0 Å². The Morgan fingerprint density at radius 3 is 2.77 bits per heavy atom. The van der Waals surface area contributed by atoms with Gasteiger partial charge in [0.25, 0.3) is 0 Å². The van der Waals surface area contributed by atoms with Gasteiger partial charge in [-0.25, -0.2) is 14.0 Å². The maximum Gasteiger partial charge on any atom is 0.211 e. The molecule has 9 nitrogen and oxygen atoms in total. The van der Waals surface area contributed by atoms with E-state index in [4.69, 9.17) is 4.63 Å². The Labute approximate surface area is 161 Å². The van der Waals surface area contributed by atoms with Crippen LogP contribution in [0.5, 0.6) is 0 Å². The van der Waals surface area contributed by atoms with Gasteiger partial charge >= 0.3 is 0 Å². The van der Waals surface area contributed by atoms with Crippen molar-refractivity contribution in [2.75, 3.05) is 26.0 Å². The van der Waals surface area contributed by atoms with Gasteiger partial charge in [0, 0.05) is 11.9 Å². The third kappa shape index (κ3) is 5.35. The quantitative estimate of drug-likeness (QED) is 0.153. The maximum atomic E-state index is 13.3. The third-order valence-corrected chi connectivity index (χ3v) is 7.46. The van der Waals surface area contributed by atoms with E-state index in [0.717, 1.165) is 0 Å². The standard InChI is InChI=1S/C13H17BrFN6O3PS/c1-16-25(23,17-2)5-6-26-13-11(20-24-21-13)12(19-22)18-8-3-4-10(15)9(14)7-8/h3-4,7,22H,5-6H2,1-2H3,(H,18,19)(H2,16,17,23). The maximum absolute atomic E-state index is 13.3. The Kier molecular flexibility index (Phi) is 7.74. The second-order valence-corrected chi connectivity index (χ2v) is 9.61. The minimum atomic E-state index is -2.65. The summed E-state index contributed by atoms with van der Waals surface area (Å²) in [6, 6.07) is 4.12. The van der Waals surface area contributed by atoms with Crippen molar-refractivity contribution in [1.82, 2.24) is 26.0 Å². The number of hydrogen-bond acceptors (Lipinski definition) is 7. The van der Waals surface area contributed by atoms with Crippen LogP contribution < -0.4 is 15.7 Å². The second-order valence-electron chi connectivity index (χ2n) is 4.85. The van der Waals surface area contributed by atoms with Crippen LogP contribution in [0.4, 0.5) is 10.1 Å². The van der Waals surface area contributed by atoms with E-state index in [9.17, 15) is 14.2 Å². The average molecular weight is 467 g/mol. The van der Waals surface area contributed by atoms with Crippen molar-refractivity contribution in [3.8, 4) is 0 Å². The molecule has 0 radical (unpaired) electrons. The molecule has 1 aromatic heterocycles. The second kappa shape index (κ2) is 9.58. The number of rotatable bonds is 8. The van der Waals surface area contributed by atoms with E-state index in [-0.39, 0.29) is 16.0 Å². The molecule has 0 aliphatic rings. The largest absolute Gasteiger partial charge is 0.290 e. The Balaban J connectivity index is 2.17. The molecular formula is C13H17BrFN6O3PS. The number of aliphatic imine (C=N–C) groups is 1. The lowest BCUT2D eigenvalue weighted by atomic mass is 10.3. The van der Waals surface area contributed by atoms with E-state index >= 15 is 0 Å². The topological polar surface area (TPSA) is 125 Å². The number of nitrogens with zero attached hydrogens (tertiary/aromatic N) is 3. The van der Waals surface area contributed by atoms with Gasteiger partial charge in [0.1, 0.15) is 5.82 Å². The van der Waals surface area contributed by atoms with E-state index in [1.54, 1.807) is 14.1 Å². The summed E-state index contributed by atoms with van der Waals surface area (Å²) in [6.07, 6.45) is 0.362. The van der Waals surface area contributed by atoms with Gasteiger partial charge < -0.3 is 0 Å². The van der Waals surface area contributed by atoms with E-state index in [1.807, 2.05) is 5.48 Å². The molecule has 4 N–H and O–H groups in total. The zero-order valence-electron chi connectivity index (χ0n) is 13.9. The molecule has 2 rings (SSSR count). The number of aromatic nitrogens is 2. The Bertz CT molecular complexity index is 828. The fourth-order valence-electron chi connectivity index (χ4n) is 1.84. The lowest BCUT2D eigenvalue weighted by Crippen LogP contribution is -2.21. The first kappa shape index (κ1) is 21.0. The highest BCUT2D eigenvalue weighted by molar-refractivity contribution is 9.10. The first-order valence-electron chi connectivity index (χ1n) is 7.29. The zero-order valence-corrected chi connectivity index (χ0v) is 17.2. The van der Waals surface area contributed by atoms with Crippen LogP contribution in [0.25, 0.3) is 0 Å². The molecule has 0 aliphatic carbocycles. The van der Waals surface area contributed by atoms with E-state index in [2.05, 4.69) is 41.4 Å².